The Morgan fingerprint density at radius 3 is 2.68 bits per heavy atom. The Morgan fingerprint density at radius 1 is 1.11 bits per heavy atom. The van der Waals surface area contributed by atoms with Gasteiger partial charge in [-0.3, -0.25) is 5.10 Å². The normalized spacial score (nSPS) is 22.1. The first-order valence-corrected chi connectivity index (χ1v) is 7.65. The zero-order valence-electron chi connectivity index (χ0n) is 11.5. The van der Waals surface area contributed by atoms with Crippen molar-refractivity contribution < 1.29 is 4.74 Å². The van der Waals surface area contributed by atoms with Gasteiger partial charge in [-0.1, -0.05) is 12.8 Å². The maximum absolute atomic E-state index is 5.89. The van der Waals surface area contributed by atoms with Crippen LogP contribution in [-0.2, 0) is 11.2 Å². The van der Waals surface area contributed by atoms with Gasteiger partial charge < -0.3 is 10.1 Å². The Hall–Kier alpha value is -0.940. The molecule has 2 heterocycles. The van der Waals surface area contributed by atoms with Crippen molar-refractivity contribution in [2.24, 2.45) is 0 Å². The number of rotatable bonds is 5. The Balaban J connectivity index is 1.42. The number of H-pyrrole nitrogens is 1. The summed E-state index contributed by atoms with van der Waals surface area (Å²) >= 11 is 0. The monoisotopic (exact) mass is 264 g/mol. The van der Waals surface area contributed by atoms with Gasteiger partial charge in [-0.05, 0) is 38.8 Å². The second kappa shape index (κ2) is 6.48. The number of ether oxygens (including phenoxy) is 1. The molecule has 0 atom stereocenters. The standard InChI is InChI=1S/C14H24N4O/c1-2-4-11(3-1)14-16-13(17-18-14)7-10-19-12-5-8-15-9-6-12/h11-12,15H,1-10H2,(H,16,17,18). The molecule has 0 unspecified atom stereocenters. The van der Waals surface area contributed by atoms with Crippen LogP contribution in [0.1, 0.15) is 56.1 Å². The molecule has 1 saturated carbocycles. The van der Waals surface area contributed by atoms with E-state index < -0.39 is 0 Å². The molecule has 0 bridgehead atoms. The lowest BCUT2D eigenvalue weighted by atomic mass is 10.1. The van der Waals surface area contributed by atoms with Crippen LogP contribution in [-0.4, -0.2) is 41.0 Å². The second-order valence-electron chi connectivity index (χ2n) is 5.69. The molecule has 1 saturated heterocycles. The highest BCUT2D eigenvalue weighted by atomic mass is 16.5. The predicted octanol–water partition coefficient (Wildman–Crippen LogP) is 1.77. The van der Waals surface area contributed by atoms with Crippen molar-refractivity contribution in [2.45, 2.75) is 57.0 Å². The lowest BCUT2D eigenvalue weighted by molar-refractivity contribution is 0.0342. The van der Waals surface area contributed by atoms with Crippen molar-refractivity contribution in [2.75, 3.05) is 19.7 Å². The molecule has 0 spiro atoms. The Morgan fingerprint density at radius 2 is 1.89 bits per heavy atom. The average molecular weight is 264 g/mol. The van der Waals surface area contributed by atoms with Crippen LogP contribution >= 0.6 is 0 Å². The zero-order chi connectivity index (χ0) is 12.9. The molecule has 3 rings (SSSR count). The van der Waals surface area contributed by atoms with Gasteiger partial charge in [0.25, 0.3) is 0 Å². The maximum atomic E-state index is 5.89. The summed E-state index contributed by atoms with van der Waals surface area (Å²) in [6.45, 7) is 2.92. The van der Waals surface area contributed by atoms with E-state index in [4.69, 9.17) is 4.74 Å². The van der Waals surface area contributed by atoms with Gasteiger partial charge in [0.15, 0.2) is 5.82 Å². The number of piperidine rings is 1. The maximum Gasteiger partial charge on any atom is 0.153 e. The van der Waals surface area contributed by atoms with E-state index in [2.05, 4.69) is 20.5 Å². The van der Waals surface area contributed by atoms with Crippen LogP contribution in [0.3, 0.4) is 0 Å². The van der Waals surface area contributed by atoms with E-state index in [-0.39, 0.29) is 0 Å². The summed E-state index contributed by atoms with van der Waals surface area (Å²) in [7, 11) is 0. The van der Waals surface area contributed by atoms with Crippen molar-refractivity contribution in [3.05, 3.63) is 11.6 Å². The molecule has 2 N–H and O–H groups in total. The van der Waals surface area contributed by atoms with E-state index >= 15 is 0 Å². The number of nitrogens with zero attached hydrogens (tertiary/aromatic N) is 2. The van der Waals surface area contributed by atoms with Crippen LogP contribution in [0.25, 0.3) is 0 Å². The summed E-state index contributed by atoms with van der Waals surface area (Å²) in [4.78, 5) is 4.62. The van der Waals surface area contributed by atoms with Gasteiger partial charge in [-0.15, -0.1) is 0 Å². The summed E-state index contributed by atoms with van der Waals surface area (Å²) in [5.74, 6) is 2.60. The highest BCUT2D eigenvalue weighted by Crippen LogP contribution is 2.31. The number of aromatic nitrogens is 3. The van der Waals surface area contributed by atoms with Crippen molar-refractivity contribution in [1.82, 2.24) is 20.5 Å². The van der Waals surface area contributed by atoms with E-state index in [1.54, 1.807) is 0 Å². The van der Waals surface area contributed by atoms with Gasteiger partial charge in [-0.25, -0.2) is 4.98 Å². The molecular formula is C14H24N4O. The number of nitrogens with one attached hydrogen (secondary N) is 2. The van der Waals surface area contributed by atoms with Crippen molar-refractivity contribution >= 4 is 0 Å². The molecule has 0 aromatic carbocycles. The number of hydrogen-bond acceptors (Lipinski definition) is 4. The number of aromatic amines is 1. The highest BCUT2D eigenvalue weighted by Gasteiger charge is 2.21. The lowest BCUT2D eigenvalue weighted by Crippen LogP contribution is -2.32. The van der Waals surface area contributed by atoms with Crippen molar-refractivity contribution in [3.8, 4) is 0 Å². The van der Waals surface area contributed by atoms with Crippen molar-refractivity contribution in [1.29, 1.82) is 0 Å². The first kappa shape index (κ1) is 13.1. The van der Waals surface area contributed by atoms with Crippen LogP contribution < -0.4 is 5.32 Å². The molecule has 5 nitrogen and oxygen atoms in total. The smallest absolute Gasteiger partial charge is 0.153 e. The summed E-state index contributed by atoms with van der Waals surface area (Å²) in [5, 5.41) is 10.8. The van der Waals surface area contributed by atoms with E-state index in [1.807, 2.05) is 0 Å². The lowest BCUT2D eigenvalue weighted by Gasteiger charge is -2.22. The van der Waals surface area contributed by atoms with Crippen LogP contribution in [0.5, 0.6) is 0 Å². The Bertz CT molecular complexity index is 381. The first-order valence-electron chi connectivity index (χ1n) is 7.65. The van der Waals surface area contributed by atoms with Gasteiger partial charge >= 0.3 is 0 Å². The third kappa shape index (κ3) is 3.54. The summed E-state index contributed by atoms with van der Waals surface area (Å²) in [5.41, 5.74) is 0. The van der Waals surface area contributed by atoms with Crippen LogP contribution in [0.2, 0.25) is 0 Å². The van der Waals surface area contributed by atoms with Gasteiger partial charge in [0.2, 0.25) is 0 Å². The molecule has 0 amide bonds. The van der Waals surface area contributed by atoms with Crippen LogP contribution in [0, 0.1) is 0 Å². The molecule has 1 aliphatic heterocycles. The minimum atomic E-state index is 0.429. The molecule has 0 radical (unpaired) electrons. The van der Waals surface area contributed by atoms with E-state index in [1.165, 1.54) is 25.7 Å². The van der Waals surface area contributed by atoms with Gasteiger partial charge in [0.05, 0.1) is 12.7 Å². The van der Waals surface area contributed by atoms with Crippen LogP contribution in [0.4, 0.5) is 0 Å². The Kier molecular flexibility index (Phi) is 4.45. The van der Waals surface area contributed by atoms with E-state index in [0.29, 0.717) is 12.0 Å². The molecule has 1 aliphatic carbocycles. The fourth-order valence-corrected chi connectivity index (χ4v) is 3.07. The van der Waals surface area contributed by atoms with Gasteiger partial charge in [0.1, 0.15) is 5.82 Å². The summed E-state index contributed by atoms with van der Waals surface area (Å²) < 4.78 is 5.89. The van der Waals surface area contributed by atoms with Gasteiger partial charge in [0, 0.05) is 12.3 Å². The molecule has 1 aromatic rings. The molecule has 2 fully saturated rings. The quantitative estimate of drug-likeness (QED) is 0.851. The van der Waals surface area contributed by atoms with E-state index in [9.17, 15) is 0 Å². The van der Waals surface area contributed by atoms with Crippen LogP contribution in [0.15, 0.2) is 0 Å². The molecule has 1 aromatic heterocycles. The minimum Gasteiger partial charge on any atom is -0.378 e. The average Bonchev–Trinajstić information content (AvgIpc) is 3.10. The predicted molar refractivity (Wildman–Crippen MR) is 73.1 cm³/mol. The largest absolute Gasteiger partial charge is 0.378 e. The molecular weight excluding hydrogens is 240 g/mol. The van der Waals surface area contributed by atoms with Gasteiger partial charge in [-0.2, -0.15) is 5.10 Å². The highest BCUT2D eigenvalue weighted by molar-refractivity contribution is 5.00. The second-order valence-corrected chi connectivity index (χ2v) is 5.69. The molecule has 2 aliphatic rings. The molecule has 106 valence electrons. The van der Waals surface area contributed by atoms with Crippen molar-refractivity contribution in [3.63, 3.8) is 0 Å². The molecule has 19 heavy (non-hydrogen) atoms. The fourth-order valence-electron chi connectivity index (χ4n) is 3.07. The number of hydrogen-bond donors (Lipinski definition) is 2. The summed E-state index contributed by atoms with van der Waals surface area (Å²) in [6, 6.07) is 0. The summed E-state index contributed by atoms with van der Waals surface area (Å²) in [6.07, 6.45) is 8.70. The fraction of sp³-hybridized carbons (Fsp3) is 0.857. The topological polar surface area (TPSA) is 62.8 Å². The first-order chi connectivity index (χ1) is 9.42. The zero-order valence-corrected chi connectivity index (χ0v) is 11.5. The third-order valence-electron chi connectivity index (χ3n) is 4.25. The minimum absolute atomic E-state index is 0.429. The van der Waals surface area contributed by atoms with E-state index in [0.717, 1.165) is 50.6 Å². The Labute approximate surface area is 114 Å². The third-order valence-corrected chi connectivity index (χ3v) is 4.25. The molecule has 5 heteroatoms. The SMILES string of the molecule is C1CCC(c2n[nH]c(CCOC3CCNCC3)n2)C1.